The first-order valence-corrected chi connectivity index (χ1v) is 6.07. The van der Waals surface area contributed by atoms with Crippen molar-refractivity contribution in [2.75, 3.05) is 7.11 Å². The molecule has 0 rings (SSSR count). The normalized spacial score (nSPS) is 14.7. The van der Waals surface area contributed by atoms with E-state index in [1.807, 2.05) is 45.2 Å². The molecule has 0 aliphatic rings. The molecule has 4 nitrogen and oxygen atoms in total. The van der Waals surface area contributed by atoms with Crippen LogP contribution < -0.4 is 0 Å². The number of hydrogen-bond acceptors (Lipinski definition) is 3. The van der Waals surface area contributed by atoms with Gasteiger partial charge in [-0.05, 0) is 12.8 Å². The average molecular weight is 412 g/mol. The van der Waals surface area contributed by atoms with Crippen molar-refractivity contribution in [3.05, 3.63) is 0 Å². The number of carboxylic acid groups (broad SMARTS) is 1. The van der Waals surface area contributed by atoms with Crippen molar-refractivity contribution in [3.63, 3.8) is 0 Å². The smallest absolute Gasteiger partial charge is 0.318 e. The largest absolute Gasteiger partial charge is 0.480 e. The van der Waals surface area contributed by atoms with Crippen LogP contribution in [0.25, 0.3) is 0 Å². The van der Waals surface area contributed by atoms with Crippen LogP contribution >= 0.6 is 45.2 Å². The maximum absolute atomic E-state index is 10.9. The van der Waals surface area contributed by atoms with E-state index >= 15 is 0 Å². The Hall–Kier alpha value is 0.400. The summed E-state index contributed by atoms with van der Waals surface area (Å²) in [5.74, 6) is -1.14. The Labute approximate surface area is 104 Å². The van der Waals surface area contributed by atoms with Crippen molar-refractivity contribution >= 4 is 57.1 Å². The highest BCUT2D eigenvalue weighted by molar-refractivity contribution is 14.1. The van der Waals surface area contributed by atoms with Gasteiger partial charge in [0.1, 0.15) is 7.85 Å². The van der Waals surface area contributed by atoms with E-state index in [1.54, 1.807) is 0 Å². The van der Waals surface area contributed by atoms with Crippen LogP contribution in [0.1, 0.15) is 12.8 Å². The predicted octanol–water partition coefficient (Wildman–Crippen LogP) is 1.63. The molecule has 0 aromatic rings. The molecule has 0 heterocycles. The van der Waals surface area contributed by atoms with E-state index in [9.17, 15) is 9.59 Å². The number of methoxy groups -OCH3 is 1. The van der Waals surface area contributed by atoms with Gasteiger partial charge in [-0.15, -0.1) is 0 Å². The van der Waals surface area contributed by atoms with Gasteiger partial charge in [-0.2, -0.15) is 0 Å². The molecule has 0 radical (unpaired) electrons. The highest BCUT2D eigenvalue weighted by atomic mass is 127. The van der Waals surface area contributed by atoms with Crippen molar-refractivity contribution in [1.82, 2.24) is 0 Å². The fourth-order valence-corrected chi connectivity index (χ4v) is 1.64. The SMILES string of the molecule is COC(=O)C(I)CCC(I)C(=O)O. The zero-order valence-corrected chi connectivity index (χ0v) is 11.3. The van der Waals surface area contributed by atoms with Gasteiger partial charge in [0.05, 0.1) is 7.11 Å². The lowest BCUT2D eigenvalue weighted by molar-refractivity contribution is -0.140. The summed E-state index contributed by atoms with van der Waals surface area (Å²) in [6, 6.07) is 0. The summed E-state index contributed by atoms with van der Waals surface area (Å²) in [6.07, 6.45) is 1.02. The molecular weight excluding hydrogens is 402 g/mol. The summed E-state index contributed by atoms with van der Waals surface area (Å²) in [4.78, 5) is 21.3. The van der Waals surface area contributed by atoms with Gasteiger partial charge >= 0.3 is 11.9 Å². The second-order valence-corrected chi connectivity index (χ2v) is 5.38. The Bertz CT molecular complexity index is 195. The van der Waals surface area contributed by atoms with Crippen LogP contribution in [0.5, 0.6) is 0 Å². The molecule has 13 heavy (non-hydrogen) atoms. The molecule has 0 aromatic heterocycles. The van der Waals surface area contributed by atoms with Crippen LogP contribution in [0.15, 0.2) is 0 Å². The van der Waals surface area contributed by atoms with Gasteiger partial charge < -0.3 is 9.84 Å². The molecule has 2 unspecified atom stereocenters. The summed E-state index contributed by atoms with van der Waals surface area (Å²) in [6.45, 7) is 0. The number of halogens is 2. The number of hydrogen-bond donors (Lipinski definition) is 1. The summed E-state index contributed by atoms with van der Waals surface area (Å²) in [5.41, 5.74) is 0. The maximum atomic E-state index is 10.9. The molecule has 0 amide bonds. The Kier molecular flexibility index (Phi) is 7.00. The average Bonchev–Trinajstić information content (AvgIpc) is 2.11. The number of rotatable bonds is 5. The van der Waals surface area contributed by atoms with Gasteiger partial charge in [-0.25, -0.2) is 0 Å². The number of aliphatic carboxylic acids is 1. The number of alkyl halides is 2. The fraction of sp³-hybridized carbons (Fsp3) is 0.714. The molecule has 0 bridgehead atoms. The van der Waals surface area contributed by atoms with Gasteiger partial charge in [0, 0.05) is 0 Å². The third-order valence-electron chi connectivity index (χ3n) is 1.40. The molecule has 1 N–H and O–H groups in total. The minimum absolute atomic E-state index is 0.251. The Morgan fingerprint density at radius 2 is 1.77 bits per heavy atom. The number of carboxylic acids is 1. The van der Waals surface area contributed by atoms with E-state index in [1.165, 1.54) is 7.11 Å². The summed E-state index contributed by atoms with van der Waals surface area (Å²) in [7, 11) is 1.33. The monoisotopic (exact) mass is 412 g/mol. The summed E-state index contributed by atoms with van der Waals surface area (Å²) < 4.78 is 3.83. The lowest BCUT2D eigenvalue weighted by Crippen LogP contribution is -2.19. The van der Waals surface area contributed by atoms with E-state index in [0.717, 1.165) is 0 Å². The Morgan fingerprint density at radius 3 is 2.15 bits per heavy atom. The highest BCUT2D eigenvalue weighted by Crippen LogP contribution is 2.16. The first-order chi connectivity index (χ1) is 5.99. The zero-order chi connectivity index (χ0) is 10.4. The van der Waals surface area contributed by atoms with Crippen LogP contribution in [0, 0.1) is 0 Å². The molecule has 6 heteroatoms. The molecule has 0 saturated heterocycles. The van der Waals surface area contributed by atoms with Crippen LogP contribution in [0.4, 0.5) is 0 Å². The third kappa shape index (κ3) is 5.66. The van der Waals surface area contributed by atoms with E-state index in [-0.39, 0.29) is 9.89 Å². The molecule has 0 fully saturated rings. The van der Waals surface area contributed by atoms with Crippen LogP contribution in [0.2, 0.25) is 0 Å². The zero-order valence-electron chi connectivity index (χ0n) is 7.00. The molecule has 0 aromatic carbocycles. The minimum atomic E-state index is -0.839. The third-order valence-corrected chi connectivity index (χ3v) is 3.69. The number of ether oxygens (including phenoxy) is 1. The van der Waals surface area contributed by atoms with Gasteiger partial charge in [-0.3, -0.25) is 9.59 Å². The van der Waals surface area contributed by atoms with Crippen LogP contribution in [-0.4, -0.2) is 32.0 Å². The van der Waals surface area contributed by atoms with Crippen LogP contribution in [-0.2, 0) is 14.3 Å². The molecule has 0 spiro atoms. The molecule has 2 atom stereocenters. The van der Waals surface area contributed by atoms with Crippen molar-refractivity contribution in [1.29, 1.82) is 0 Å². The topological polar surface area (TPSA) is 63.6 Å². The molecule has 0 aliphatic carbocycles. The highest BCUT2D eigenvalue weighted by Gasteiger charge is 2.19. The van der Waals surface area contributed by atoms with Crippen LogP contribution in [0.3, 0.4) is 0 Å². The minimum Gasteiger partial charge on any atom is -0.480 e. The first-order valence-electron chi connectivity index (χ1n) is 3.57. The van der Waals surface area contributed by atoms with Gasteiger partial charge in [0.2, 0.25) is 0 Å². The second-order valence-electron chi connectivity index (χ2n) is 2.37. The van der Waals surface area contributed by atoms with Crippen molar-refractivity contribution in [2.45, 2.75) is 20.7 Å². The van der Waals surface area contributed by atoms with Gasteiger partial charge in [0.15, 0.2) is 0 Å². The van der Waals surface area contributed by atoms with Gasteiger partial charge in [-0.1, -0.05) is 45.2 Å². The Morgan fingerprint density at radius 1 is 1.31 bits per heavy atom. The number of esters is 1. The standard InChI is InChI=1S/C7H10I2O4/c1-13-7(12)5(9)3-2-4(8)6(10)11/h4-5H,2-3H2,1H3,(H,10,11). The number of carbonyl (C=O) groups excluding carboxylic acids is 1. The van der Waals surface area contributed by atoms with Crippen molar-refractivity contribution in [2.24, 2.45) is 0 Å². The Balaban J connectivity index is 3.76. The van der Waals surface area contributed by atoms with Gasteiger partial charge in [0.25, 0.3) is 0 Å². The molecule has 76 valence electrons. The second kappa shape index (κ2) is 6.80. The van der Waals surface area contributed by atoms with E-state index < -0.39 is 9.89 Å². The maximum Gasteiger partial charge on any atom is 0.318 e. The summed E-state index contributed by atoms with van der Waals surface area (Å²) >= 11 is 3.80. The molecule has 0 saturated carbocycles. The number of carbonyl (C=O) groups is 2. The lowest BCUT2D eigenvalue weighted by Gasteiger charge is -2.08. The van der Waals surface area contributed by atoms with E-state index in [4.69, 9.17) is 5.11 Å². The first kappa shape index (κ1) is 13.4. The summed E-state index contributed by atoms with van der Waals surface area (Å²) in [5, 5.41) is 8.56. The predicted molar refractivity (Wildman–Crippen MR) is 64.5 cm³/mol. The van der Waals surface area contributed by atoms with E-state index in [2.05, 4.69) is 4.74 Å². The van der Waals surface area contributed by atoms with E-state index in [0.29, 0.717) is 12.8 Å². The lowest BCUT2D eigenvalue weighted by atomic mass is 10.2. The molecule has 0 aliphatic heterocycles. The quantitative estimate of drug-likeness (QED) is 0.424. The van der Waals surface area contributed by atoms with Crippen molar-refractivity contribution in [3.8, 4) is 0 Å². The van der Waals surface area contributed by atoms with Crippen molar-refractivity contribution < 1.29 is 19.4 Å². The molecular formula is C7H10I2O4. The fourth-order valence-electron chi connectivity index (χ4n) is 0.662.